The second-order valence-electron chi connectivity index (χ2n) is 7.64. The van der Waals surface area contributed by atoms with Gasteiger partial charge in [0.15, 0.2) is 17.5 Å². The number of benzene rings is 2. The van der Waals surface area contributed by atoms with E-state index in [0.29, 0.717) is 5.75 Å². The summed E-state index contributed by atoms with van der Waals surface area (Å²) in [5.74, 6) is 1.44. The summed E-state index contributed by atoms with van der Waals surface area (Å²) in [5.41, 5.74) is 4.73. The number of carbonyl (C=O) groups excluding carboxylic acids is 1. The summed E-state index contributed by atoms with van der Waals surface area (Å²) in [6.07, 6.45) is 0. The molecular formula is C22H28N3O3+. The van der Waals surface area contributed by atoms with Crippen LogP contribution in [0.2, 0.25) is 0 Å². The van der Waals surface area contributed by atoms with E-state index in [-0.39, 0.29) is 18.7 Å². The molecule has 0 unspecified atom stereocenters. The average Bonchev–Trinajstić information content (AvgIpc) is 3.17. The Morgan fingerprint density at radius 3 is 2.64 bits per heavy atom. The topological polar surface area (TPSA) is 55.2 Å². The van der Waals surface area contributed by atoms with Crippen molar-refractivity contribution in [2.24, 2.45) is 0 Å². The fourth-order valence-corrected chi connectivity index (χ4v) is 3.96. The molecule has 0 bridgehead atoms. The Bertz CT molecular complexity index is 875. The third kappa shape index (κ3) is 3.64. The van der Waals surface area contributed by atoms with Gasteiger partial charge in [-0.3, -0.25) is 4.79 Å². The van der Waals surface area contributed by atoms with E-state index >= 15 is 0 Å². The van der Waals surface area contributed by atoms with Crippen molar-refractivity contribution >= 4 is 17.3 Å². The zero-order chi connectivity index (χ0) is 19.7. The van der Waals surface area contributed by atoms with Gasteiger partial charge in [-0.05, 0) is 50.1 Å². The lowest BCUT2D eigenvalue weighted by Gasteiger charge is -2.36. The third-order valence-corrected chi connectivity index (χ3v) is 5.97. The lowest BCUT2D eigenvalue weighted by atomic mass is 10.1. The summed E-state index contributed by atoms with van der Waals surface area (Å²) in [4.78, 5) is 16.5. The smallest absolute Gasteiger partial charge is 0.282 e. The molecule has 2 aliphatic rings. The molecule has 0 radical (unpaired) electrons. The van der Waals surface area contributed by atoms with Crippen molar-refractivity contribution in [2.45, 2.75) is 26.8 Å². The van der Waals surface area contributed by atoms with Crippen LogP contribution in [0.4, 0.5) is 11.4 Å². The van der Waals surface area contributed by atoms with Gasteiger partial charge in [-0.15, -0.1) is 0 Å². The first-order valence-corrected chi connectivity index (χ1v) is 9.89. The number of hydrogen-bond acceptors (Lipinski definition) is 4. The fraction of sp³-hybridized carbons (Fsp3) is 0.409. The molecule has 2 aromatic carbocycles. The standard InChI is InChI=1S/C22H27N3O3/c1-15-5-4-6-19(16(15)2)25-11-9-24(10-12-25)17(3)22(26)23-18-7-8-20-21(13-18)28-14-27-20/h4-8,13,17H,9-12,14H2,1-3H3,(H,23,26)/p+1/t17-/m1/s1. The van der Waals surface area contributed by atoms with E-state index in [1.165, 1.54) is 21.7 Å². The van der Waals surface area contributed by atoms with Crippen molar-refractivity contribution in [3.05, 3.63) is 47.5 Å². The number of ether oxygens (including phenoxy) is 2. The number of nitrogens with zero attached hydrogens (tertiary/aromatic N) is 1. The van der Waals surface area contributed by atoms with Crippen molar-refractivity contribution < 1.29 is 19.2 Å². The molecule has 0 spiro atoms. The van der Waals surface area contributed by atoms with Crippen LogP contribution >= 0.6 is 0 Å². The van der Waals surface area contributed by atoms with Crippen LogP contribution in [0.5, 0.6) is 11.5 Å². The van der Waals surface area contributed by atoms with E-state index in [9.17, 15) is 4.79 Å². The van der Waals surface area contributed by atoms with Gasteiger partial charge in [-0.2, -0.15) is 0 Å². The molecule has 6 heteroatoms. The molecule has 4 rings (SSSR count). The lowest BCUT2D eigenvalue weighted by Crippen LogP contribution is -3.19. The van der Waals surface area contributed by atoms with Crippen molar-refractivity contribution in [1.29, 1.82) is 0 Å². The maximum absolute atomic E-state index is 12.7. The summed E-state index contributed by atoms with van der Waals surface area (Å²) in [6, 6.07) is 11.9. The number of piperazine rings is 1. The minimum atomic E-state index is -0.105. The van der Waals surface area contributed by atoms with Crippen LogP contribution in [0.3, 0.4) is 0 Å². The molecule has 1 fully saturated rings. The van der Waals surface area contributed by atoms with Gasteiger partial charge in [0.2, 0.25) is 6.79 Å². The molecule has 2 heterocycles. The SMILES string of the molecule is Cc1cccc(N2CC[NH+]([C@H](C)C(=O)Nc3ccc4c(c3)OCO4)CC2)c1C. The molecule has 148 valence electrons. The summed E-state index contributed by atoms with van der Waals surface area (Å²) in [7, 11) is 0. The highest BCUT2D eigenvalue weighted by molar-refractivity contribution is 5.94. The fourth-order valence-electron chi connectivity index (χ4n) is 3.96. The number of carbonyl (C=O) groups is 1. The largest absolute Gasteiger partial charge is 0.454 e. The van der Waals surface area contributed by atoms with E-state index in [0.717, 1.165) is 37.6 Å². The molecule has 1 saturated heterocycles. The predicted octanol–water partition coefficient (Wildman–Crippen LogP) is 1.76. The lowest BCUT2D eigenvalue weighted by molar-refractivity contribution is -0.914. The highest BCUT2D eigenvalue weighted by Gasteiger charge is 2.30. The van der Waals surface area contributed by atoms with Crippen molar-refractivity contribution in [3.63, 3.8) is 0 Å². The quantitative estimate of drug-likeness (QED) is 0.846. The van der Waals surface area contributed by atoms with Crippen molar-refractivity contribution in [2.75, 3.05) is 43.2 Å². The van der Waals surface area contributed by atoms with Gasteiger partial charge in [0.05, 0.1) is 26.2 Å². The van der Waals surface area contributed by atoms with E-state index in [4.69, 9.17) is 9.47 Å². The highest BCUT2D eigenvalue weighted by Crippen LogP contribution is 2.34. The first-order chi connectivity index (χ1) is 13.5. The molecule has 28 heavy (non-hydrogen) atoms. The van der Waals surface area contributed by atoms with E-state index in [2.05, 4.69) is 42.3 Å². The van der Waals surface area contributed by atoms with Crippen LogP contribution in [-0.2, 0) is 4.79 Å². The minimum Gasteiger partial charge on any atom is -0.454 e. The number of aryl methyl sites for hydroxylation is 1. The molecule has 2 aliphatic heterocycles. The van der Waals surface area contributed by atoms with Gasteiger partial charge in [0.25, 0.3) is 5.91 Å². The van der Waals surface area contributed by atoms with Gasteiger partial charge in [0, 0.05) is 17.4 Å². The predicted molar refractivity (Wildman–Crippen MR) is 109 cm³/mol. The minimum absolute atomic E-state index is 0.0362. The molecule has 1 atom stereocenters. The zero-order valence-electron chi connectivity index (χ0n) is 16.7. The number of fused-ring (bicyclic) bond motifs is 1. The molecule has 6 nitrogen and oxygen atoms in total. The van der Waals surface area contributed by atoms with Crippen molar-refractivity contribution in [1.82, 2.24) is 0 Å². The second-order valence-corrected chi connectivity index (χ2v) is 7.64. The molecule has 0 aliphatic carbocycles. The molecule has 2 N–H and O–H groups in total. The van der Waals surface area contributed by atoms with Gasteiger partial charge in [-0.25, -0.2) is 0 Å². The monoisotopic (exact) mass is 382 g/mol. The Kier molecular flexibility index (Phi) is 5.13. The summed E-state index contributed by atoms with van der Waals surface area (Å²) < 4.78 is 10.7. The normalized spacial score (nSPS) is 17.5. The number of anilines is 2. The highest BCUT2D eigenvalue weighted by atomic mass is 16.7. The summed E-state index contributed by atoms with van der Waals surface area (Å²) in [6.45, 7) is 10.4. The molecule has 0 aromatic heterocycles. The zero-order valence-corrected chi connectivity index (χ0v) is 16.7. The average molecular weight is 382 g/mol. The summed E-state index contributed by atoms with van der Waals surface area (Å²) >= 11 is 0. The number of rotatable bonds is 4. The summed E-state index contributed by atoms with van der Waals surface area (Å²) in [5, 5.41) is 3.02. The Hall–Kier alpha value is -2.73. The Labute approximate surface area is 166 Å². The number of nitrogens with one attached hydrogen (secondary N) is 2. The Morgan fingerprint density at radius 2 is 1.86 bits per heavy atom. The molecular weight excluding hydrogens is 354 g/mol. The van der Waals surface area contributed by atoms with E-state index < -0.39 is 0 Å². The van der Waals surface area contributed by atoms with Gasteiger partial charge >= 0.3 is 0 Å². The van der Waals surface area contributed by atoms with Crippen LogP contribution in [0.25, 0.3) is 0 Å². The van der Waals surface area contributed by atoms with Crippen LogP contribution in [0.1, 0.15) is 18.1 Å². The van der Waals surface area contributed by atoms with Crippen molar-refractivity contribution in [3.8, 4) is 11.5 Å². The van der Waals surface area contributed by atoms with Gasteiger partial charge in [0.1, 0.15) is 0 Å². The maximum atomic E-state index is 12.7. The van der Waals surface area contributed by atoms with Gasteiger partial charge in [-0.1, -0.05) is 12.1 Å². The third-order valence-electron chi connectivity index (χ3n) is 5.97. The van der Waals surface area contributed by atoms with Gasteiger partial charge < -0.3 is 24.6 Å². The maximum Gasteiger partial charge on any atom is 0.282 e. The molecule has 1 amide bonds. The first kappa shape index (κ1) is 18.6. The molecule has 0 saturated carbocycles. The van der Waals surface area contributed by atoms with E-state index in [1.807, 2.05) is 25.1 Å². The number of hydrogen-bond donors (Lipinski definition) is 2. The first-order valence-electron chi connectivity index (χ1n) is 9.89. The second kappa shape index (κ2) is 7.72. The van der Waals surface area contributed by atoms with Crippen LogP contribution in [-0.4, -0.2) is 44.9 Å². The number of amides is 1. The van der Waals surface area contributed by atoms with Crippen LogP contribution in [0.15, 0.2) is 36.4 Å². The van der Waals surface area contributed by atoms with E-state index in [1.54, 1.807) is 0 Å². The number of quaternary nitrogens is 1. The van der Waals surface area contributed by atoms with Crippen LogP contribution in [0, 0.1) is 13.8 Å². The Morgan fingerprint density at radius 1 is 1.11 bits per heavy atom. The van der Waals surface area contributed by atoms with Crippen LogP contribution < -0.4 is 24.6 Å². The Balaban J connectivity index is 1.35. The molecule has 2 aromatic rings.